The predicted molar refractivity (Wildman–Crippen MR) is 123 cm³/mol. The average Bonchev–Trinajstić information content (AvgIpc) is 3.46. The number of benzene rings is 4. The number of hydrogen-bond donors (Lipinski definition) is 0. The van der Waals surface area contributed by atoms with Gasteiger partial charge in [0.25, 0.3) is 0 Å². The van der Waals surface area contributed by atoms with E-state index in [-0.39, 0.29) is 0 Å². The van der Waals surface area contributed by atoms with Crippen LogP contribution in [0, 0.1) is 6.92 Å². The third-order valence-electron chi connectivity index (χ3n) is 5.59. The smallest absolute Gasteiger partial charge is 0.248 e. The summed E-state index contributed by atoms with van der Waals surface area (Å²) in [6.07, 6.45) is 0. The Morgan fingerprint density at radius 2 is 1.19 bits per heavy atom. The van der Waals surface area contributed by atoms with Gasteiger partial charge in [0.1, 0.15) is 11.2 Å². The van der Waals surface area contributed by atoms with Crippen LogP contribution in [-0.2, 0) is 0 Å². The van der Waals surface area contributed by atoms with Crippen LogP contribution in [0.15, 0.2) is 99.8 Å². The van der Waals surface area contributed by atoms with Gasteiger partial charge in [0.15, 0.2) is 0 Å². The minimum Gasteiger partial charge on any atom is -0.455 e. The summed E-state index contributed by atoms with van der Waals surface area (Å²) >= 11 is 0. The van der Waals surface area contributed by atoms with Crippen molar-refractivity contribution in [2.45, 2.75) is 6.92 Å². The number of para-hydroxylation sites is 2. The fraction of sp³-hybridized carbons (Fsp3) is 0.0370. The molecule has 0 saturated heterocycles. The van der Waals surface area contributed by atoms with E-state index in [2.05, 4.69) is 65.7 Å². The molecule has 2 aromatic heterocycles. The lowest BCUT2D eigenvalue weighted by molar-refractivity contribution is 0.584. The predicted octanol–water partition coefficient (Wildman–Crippen LogP) is 7.28. The second-order valence-electron chi connectivity index (χ2n) is 7.60. The van der Waals surface area contributed by atoms with E-state index in [1.54, 1.807) is 0 Å². The summed E-state index contributed by atoms with van der Waals surface area (Å²) in [4.78, 5) is 0. The Morgan fingerprint density at radius 1 is 0.548 bits per heavy atom. The molecule has 148 valence electrons. The Labute approximate surface area is 178 Å². The average molecular weight is 402 g/mol. The van der Waals surface area contributed by atoms with Crippen molar-refractivity contribution in [1.82, 2.24) is 10.2 Å². The first-order chi connectivity index (χ1) is 15.3. The lowest BCUT2D eigenvalue weighted by Crippen LogP contribution is -1.82. The van der Waals surface area contributed by atoms with E-state index < -0.39 is 0 Å². The Kier molecular flexibility index (Phi) is 3.96. The maximum atomic E-state index is 6.32. The van der Waals surface area contributed by atoms with Crippen molar-refractivity contribution in [3.8, 4) is 34.0 Å². The lowest BCUT2D eigenvalue weighted by atomic mass is 10.0. The fourth-order valence-corrected chi connectivity index (χ4v) is 4.05. The monoisotopic (exact) mass is 402 g/mol. The van der Waals surface area contributed by atoms with Gasteiger partial charge >= 0.3 is 0 Å². The molecule has 6 aromatic rings. The van der Waals surface area contributed by atoms with Gasteiger partial charge in [0.2, 0.25) is 11.8 Å². The second kappa shape index (κ2) is 6.96. The largest absolute Gasteiger partial charge is 0.455 e. The van der Waals surface area contributed by atoms with Gasteiger partial charge in [-0.3, -0.25) is 0 Å². The van der Waals surface area contributed by atoms with Gasteiger partial charge in [-0.05, 0) is 42.3 Å². The van der Waals surface area contributed by atoms with Crippen LogP contribution in [0.3, 0.4) is 0 Å². The Morgan fingerprint density at radius 3 is 2.03 bits per heavy atom. The van der Waals surface area contributed by atoms with Crippen molar-refractivity contribution in [3.05, 3.63) is 96.6 Å². The maximum absolute atomic E-state index is 6.32. The van der Waals surface area contributed by atoms with Crippen LogP contribution in [0.5, 0.6) is 0 Å². The van der Waals surface area contributed by atoms with Gasteiger partial charge in [-0.25, -0.2) is 0 Å². The van der Waals surface area contributed by atoms with E-state index in [4.69, 9.17) is 8.83 Å². The molecule has 0 aliphatic rings. The Balaban J connectivity index is 1.47. The van der Waals surface area contributed by atoms with Gasteiger partial charge in [-0.1, -0.05) is 66.7 Å². The topological polar surface area (TPSA) is 52.1 Å². The van der Waals surface area contributed by atoms with Gasteiger partial charge in [-0.2, -0.15) is 0 Å². The number of nitrogens with zero attached hydrogens (tertiary/aromatic N) is 2. The Bertz CT molecular complexity index is 1540. The summed E-state index contributed by atoms with van der Waals surface area (Å²) in [5.41, 5.74) is 6.81. The molecule has 0 amide bonds. The first-order valence-electron chi connectivity index (χ1n) is 10.2. The molecular formula is C27H18N2O2. The molecule has 6 rings (SSSR count). The molecule has 0 unspecified atom stereocenters. The quantitative estimate of drug-likeness (QED) is 0.312. The molecule has 4 nitrogen and oxygen atoms in total. The van der Waals surface area contributed by atoms with Crippen LogP contribution >= 0.6 is 0 Å². The lowest BCUT2D eigenvalue weighted by Gasteiger charge is -2.04. The summed E-state index contributed by atoms with van der Waals surface area (Å²) in [7, 11) is 0. The van der Waals surface area contributed by atoms with Gasteiger partial charge in [0.05, 0.1) is 0 Å². The molecule has 0 saturated carbocycles. The number of aromatic nitrogens is 2. The highest BCUT2D eigenvalue weighted by Gasteiger charge is 2.15. The number of furan rings is 1. The molecule has 0 bridgehead atoms. The molecule has 4 aromatic carbocycles. The van der Waals surface area contributed by atoms with Crippen LogP contribution in [0.2, 0.25) is 0 Å². The maximum Gasteiger partial charge on any atom is 0.248 e. The molecule has 0 spiro atoms. The summed E-state index contributed by atoms with van der Waals surface area (Å²) in [6, 6.07) is 30.4. The summed E-state index contributed by atoms with van der Waals surface area (Å²) < 4.78 is 12.3. The highest BCUT2D eigenvalue weighted by Crippen LogP contribution is 2.37. The number of aryl methyl sites for hydroxylation is 1. The molecular weight excluding hydrogens is 384 g/mol. The zero-order chi connectivity index (χ0) is 20.8. The van der Waals surface area contributed by atoms with Crippen molar-refractivity contribution >= 4 is 21.9 Å². The highest BCUT2D eigenvalue weighted by atomic mass is 16.4. The van der Waals surface area contributed by atoms with Crippen LogP contribution < -0.4 is 0 Å². The van der Waals surface area contributed by atoms with Gasteiger partial charge < -0.3 is 8.83 Å². The number of hydrogen-bond acceptors (Lipinski definition) is 4. The van der Waals surface area contributed by atoms with Crippen LogP contribution in [-0.4, -0.2) is 10.2 Å². The number of fused-ring (bicyclic) bond motifs is 3. The second-order valence-corrected chi connectivity index (χ2v) is 7.60. The molecule has 2 heterocycles. The molecule has 0 fully saturated rings. The van der Waals surface area contributed by atoms with E-state index >= 15 is 0 Å². The normalized spacial score (nSPS) is 11.4. The molecule has 0 aliphatic heterocycles. The summed E-state index contributed by atoms with van der Waals surface area (Å²) in [6.45, 7) is 2.07. The molecule has 4 heteroatoms. The van der Waals surface area contributed by atoms with Crippen LogP contribution in [0.25, 0.3) is 56.0 Å². The van der Waals surface area contributed by atoms with Crippen LogP contribution in [0.4, 0.5) is 0 Å². The molecule has 0 N–H and O–H groups in total. The molecule has 31 heavy (non-hydrogen) atoms. The van der Waals surface area contributed by atoms with Crippen molar-refractivity contribution in [3.63, 3.8) is 0 Å². The first-order valence-corrected chi connectivity index (χ1v) is 10.2. The zero-order valence-corrected chi connectivity index (χ0v) is 16.9. The minimum absolute atomic E-state index is 0.494. The molecule has 0 aliphatic carbocycles. The van der Waals surface area contributed by atoms with E-state index in [0.717, 1.165) is 49.8 Å². The van der Waals surface area contributed by atoms with Crippen molar-refractivity contribution < 1.29 is 8.83 Å². The first kappa shape index (κ1) is 17.7. The molecule has 0 atom stereocenters. The SMILES string of the molecule is Cc1cccc2c1oc1c(-c3cccc(-c4nnc(-c5ccccc5)o4)c3)cccc12. The highest BCUT2D eigenvalue weighted by molar-refractivity contribution is 6.10. The summed E-state index contributed by atoms with van der Waals surface area (Å²) in [5.74, 6) is 1.00. The van der Waals surface area contributed by atoms with E-state index in [1.165, 1.54) is 0 Å². The summed E-state index contributed by atoms with van der Waals surface area (Å²) in [5, 5.41) is 10.7. The van der Waals surface area contributed by atoms with E-state index in [1.807, 2.05) is 42.5 Å². The molecule has 0 radical (unpaired) electrons. The van der Waals surface area contributed by atoms with E-state index in [9.17, 15) is 0 Å². The number of rotatable bonds is 3. The third kappa shape index (κ3) is 2.92. The Hall–Kier alpha value is -4.18. The van der Waals surface area contributed by atoms with E-state index in [0.29, 0.717) is 11.8 Å². The third-order valence-corrected chi connectivity index (χ3v) is 5.59. The van der Waals surface area contributed by atoms with Crippen molar-refractivity contribution in [2.24, 2.45) is 0 Å². The zero-order valence-electron chi connectivity index (χ0n) is 16.9. The standard InChI is InChI=1S/C27H18N2O2/c1-17-8-5-14-22-23-15-7-13-21(25(23)30-24(17)22)19-11-6-12-20(16-19)27-29-28-26(31-27)18-9-3-2-4-10-18/h2-16H,1H3. The fourth-order valence-electron chi connectivity index (χ4n) is 4.05. The van der Waals surface area contributed by atoms with Crippen molar-refractivity contribution in [1.29, 1.82) is 0 Å². The van der Waals surface area contributed by atoms with Crippen molar-refractivity contribution in [2.75, 3.05) is 0 Å². The minimum atomic E-state index is 0.494. The van der Waals surface area contributed by atoms with Crippen LogP contribution in [0.1, 0.15) is 5.56 Å². The van der Waals surface area contributed by atoms with Gasteiger partial charge in [-0.15, -0.1) is 10.2 Å². The van der Waals surface area contributed by atoms with Gasteiger partial charge in [0, 0.05) is 27.5 Å².